The van der Waals surface area contributed by atoms with Gasteiger partial charge in [-0.05, 0) is 42.0 Å². The van der Waals surface area contributed by atoms with E-state index in [1.807, 2.05) is 13.0 Å². The number of carboxylic acid groups (broad SMARTS) is 1. The third-order valence-corrected chi connectivity index (χ3v) is 7.00. The summed E-state index contributed by atoms with van der Waals surface area (Å²) in [5.41, 5.74) is 18.0. The molecule has 5 unspecified atom stereocenters. The standard InChI is InChI=1S/C30H43N7O6/c1-3-18(2)25(37-26(39)22(31)10-7-15-34-30(32)33)28(41)35-23(16-19-8-5-4-6-9-19)27(40)36-24(29(42)43)17-20-11-13-21(38)14-12-20/h4-6,8-9,11-14,18,22-25,38H,3,7,10,15-17,31H2,1-2H3,(H,35,41)(H,36,40)(H,37,39)(H,42,43)(H4,32,33,34). The highest BCUT2D eigenvalue weighted by molar-refractivity contribution is 5.94. The molecular weight excluding hydrogens is 554 g/mol. The van der Waals surface area contributed by atoms with Crippen molar-refractivity contribution in [1.29, 1.82) is 0 Å². The molecule has 0 aliphatic rings. The second-order valence-corrected chi connectivity index (χ2v) is 10.4. The van der Waals surface area contributed by atoms with E-state index < -0.39 is 47.9 Å². The van der Waals surface area contributed by atoms with E-state index in [4.69, 9.17) is 17.2 Å². The third kappa shape index (κ3) is 12.0. The average molecular weight is 598 g/mol. The number of phenols is 1. The largest absolute Gasteiger partial charge is 0.508 e. The predicted octanol–water partition coefficient (Wildman–Crippen LogP) is 0.143. The van der Waals surface area contributed by atoms with Crippen LogP contribution in [-0.4, -0.2) is 70.6 Å². The molecule has 234 valence electrons. The Bertz CT molecular complexity index is 1240. The van der Waals surface area contributed by atoms with Crippen LogP contribution in [0.4, 0.5) is 0 Å². The van der Waals surface area contributed by atoms with Crippen molar-refractivity contribution >= 4 is 29.7 Å². The number of carboxylic acids is 1. The summed E-state index contributed by atoms with van der Waals surface area (Å²) < 4.78 is 0. The average Bonchev–Trinajstić information content (AvgIpc) is 2.98. The number of phenolic OH excluding ortho intramolecular Hbond substituents is 1. The molecule has 5 atom stereocenters. The van der Waals surface area contributed by atoms with Gasteiger partial charge in [-0.1, -0.05) is 62.7 Å². The fraction of sp³-hybridized carbons (Fsp3) is 0.433. The number of hydrogen-bond donors (Lipinski definition) is 8. The molecule has 0 heterocycles. The minimum absolute atomic E-state index is 0.0279. The molecule has 13 nitrogen and oxygen atoms in total. The number of carbonyl (C=O) groups excluding carboxylic acids is 3. The van der Waals surface area contributed by atoms with Crippen LogP contribution < -0.4 is 33.2 Å². The van der Waals surface area contributed by atoms with Crippen LogP contribution in [0.5, 0.6) is 5.75 Å². The van der Waals surface area contributed by atoms with Gasteiger partial charge in [0.2, 0.25) is 17.7 Å². The number of hydrogen-bond acceptors (Lipinski definition) is 7. The van der Waals surface area contributed by atoms with Crippen molar-refractivity contribution in [1.82, 2.24) is 16.0 Å². The Balaban J connectivity index is 2.21. The molecule has 0 aromatic heterocycles. The van der Waals surface area contributed by atoms with Crippen molar-refractivity contribution in [2.75, 3.05) is 6.54 Å². The van der Waals surface area contributed by atoms with Gasteiger partial charge in [0.25, 0.3) is 0 Å². The van der Waals surface area contributed by atoms with E-state index in [1.165, 1.54) is 12.1 Å². The van der Waals surface area contributed by atoms with Gasteiger partial charge in [0.1, 0.15) is 23.9 Å². The fourth-order valence-corrected chi connectivity index (χ4v) is 4.27. The van der Waals surface area contributed by atoms with Crippen LogP contribution in [0.2, 0.25) is 0 Å². The molecule has 0 radical (unpaired) electrons. The number of nitrogens with zero attached hydrogens (tertiary/aromatic N) is 1. The molecule has 3 amide bonds. The summed E-state index contributed by atoms with van der Waals surface area (Å²) >= 11 is 0. The Morgan fingerprint density at radius 2 is 1.42 bits per heavy atom. The highest BCUT2D eigenvalue weighted by Gasteiger charge is 2.32. The van der Waals surface area contributed by atoms with E-state index >= 15 is 0 Å². The summed E-state index contributed by atoms with van der Waals surface area (Å²) in [6.07, 6.45) is 1.33. The second kappa shape index (κ2) is 17.3. The first-order valence-corrected chi connectivity index (χ1v) is 14.2. The van der Waals surface area contributed by atoms with Crippen LogP contribution in [-0.2, 0) is 32.0 Å². The number of guanidine groups is 1. The first-order chi connectivity index (χ1) is 20.4. The number of amides is 3. The lowest BCUT2D eigenvalue weighted by molar-refractivity contribution is -0.142. The maximum atomic E-state index is 13.6. The fourth-order valence-electron chi connectivity index (χ4n) is 4.27. The summed E-state index contributed by atoms with van der Waals surface area (Å²) in [6.45, 7) is 3.96. The zero-order valence-electron chi connectivity index (χ0n) is 24.5. The van der Waals surface area contributed by atoms with E-state index in [-0.39, 0.29) is 36.9 Å². The van der Waals surface area contributed by atoms with Gasteiger partial charge in [0.15, 0.2) is 5.96 Å². The van der Waals surface area contributed by atoms with Gasteiger partial charge < -0.3 is 43.4 Å². The first kappa shape index (κ1) is 34.6. The van der Waals surface area contributed by atoms with Gasteiger partial charge >= 0.3 is 5.97 Å². The minimum Gasteiger partial charge on any atom is -0.508 e. The predicted molar refractivity (Wildman–Crippen MR) is 163 cm³/mol. The molecule has 2 rings (SSSR count). The van der Waals surface area contributed by atoms with Crippen LogP contribution in [0.3, 0.4) is 0 Å². The van der Waals surface area contributed by atoms with Gasteiger partial charge in [0.05, 0.1) is 6.04 Å². The molecule has 11 N–H and O–H groups in total. The smallest absolute Gasteiger partial charge is 0.326 e. The van der Waals surface area contributed by atoms with Gasteiger partial charge in [-0.25, -0.2) is 4.79 Å². The molecule has 2 aromatic carbocycles. The van der Waals surface area contributed by atoms with Gasteiger partial charge in [-0.15, -0.1) is 0 Å². The van der Waals surface area contributed by atoms with E-state index in [2.05, 4.69) is 20.9 Å². The Kier molecular flexibility index (Phi) is 13.9. The lowest BCUT2D eigenvalue weighted by Gasteiger charge is -2.28. The van der Waals surface area contributed by atoms with Gasteiger partial charge in [-0.2, -0.15) is 0 Å². The molecule has 0 aliphatic heterocycles. The quantitative estimate of drug-likeness (QED) is 0.0702. The molecule has 0 aliphatic carbocycles. The molecule has 0 saturated heterocycles. The van der Waals surface area contributed by atoms with Gasteiger partial charge in [0, 0.05) is 19.4 Å². The van der Waals surface area contributed by atoms with Crippen LogP contribution in [0, 0.1) is 5.92 Å². The molecule has 0 saturated carbocycles. The number of rotatable bonds is 17. The van der Waals surface area contributed by atoms with Crippen molar-refractivity contribution in [2.45, 2.75) is 70.1 Å². The molecular formula is C30H43N7O6. The Morgan fingerprint density at radius 1 is 0.837 bits per heavy atom. The zero-order chi connectivity index (χ0) is 31.9. The number of aliphatic carboxylic acids is 1. The molecule has 13 heteroatoms. The number of aliphatic imine (C=N–C) groups is 1. The summed E-state index contributed by atoms with van der Waals surface area (Å²) in [5.74, 6) is -3.43. The van der Waals surface area contributed by atoms with Crippen LogP contribution in [0.25, 0.3) is 0 Å². The molecule has 2 aromatic rings. The summed E-state index contributed by atoms with van der Waals surface area (Å²) in [6, 6.07) is 10.6. The summed E-state index contributed by atoms with van der Waals surface area (Å²) in [7, 11) is 0. The number of nitrogens with two attached hydrogens (primary N) is 3. The normalized spacial score (nSPS) is 14.3. The van der Waals surface area contributed by atoms with Crippen molar-refractivity contribution in [3.8, 4) is 5.75 Å². The third-order valence-electron chi connectivity index (χ3n) is 7.00. The van der Waals surface area contributed by atoms with E-state index in [1.54, 1.807) is 43.3 Å². The highest BCUT2D eigenvalue weighted by Crippen LogP contribution is 2.13. The number of carbonyl (C=O) groups is 4. The van der Waals surface area contributed by atoms with Crippen LogP contribution >= 0.6 is 0 Å². The monoisotopic (exact) mass is 597 g/mol. The van der Waals surface area contributed by atoms with Crippen LogP contribution in [0.15, 0.2) is 59.6 Å². The SMILES string of the molecule is CCC(C)C(NC(=O)C(N)CCCN=C(N)N)C(=O)NC(Cc1ccccc1)C(=O)NC(Cc1ccc(O)cc1)C(=O)O. The number of aromatic hydroxyl groups is 1. The molecule has 0 spiro atoms. The topological polar surface area (TPSA) is 235 Å². The Hall–Kier alpha value is -4.65. The van der Waals surface area contributed by atoms with E-state index in [9.17, 15) is 29.4 Å². The van der Waals surface area contributed by atoms with Crippen molar-refractivity contribution in [2.24, 2.45) is 28.1 Å². The van der Waals surface area contributed by atoms with Crippen LogP contribution in [0.1, 0.15) is 44.2 Å². The minimum atomic E-state index is -1.30. The van der Waals surface area contributed by atoms with Crippen molar-refractivity contribution < 1.29 is 29.4 Å². The Labute approximate surface area is 251 Å². The number of nitrogens with one attached hydrogen (secondary N) is 3. The second-order valence-electron chi connectivity index (χ2n) is 10.4. The van der Waals surface area contributed by atoms with Crippen molar-refractivity contribution in [3.63, 3.8) is 0 Å². The molecule has 0 bridgehead atoms. The summed E-state index contributed by atoms with van der Waals surface area (Å²) in [4.78, 5) is 55.8. The zero-order valence-corrected chi connectivity index (χ0v) is 24.5. The van der Waals surface area contributed by atoms with Crippen molar-refractivity contribution in [3.05, 3.63) is 65.7 Å². The molecule has 0 fully saturated rings. The van der Waals surface area contributed by atoms with E-state index in [0.29, 0.717) is 24.9 Å². The Morgan fingerprint density at radius 3 is 2.00 bits per heavy atom. The lowest BCUT2D eigenvalue weighted by atomic mass is 9.96. The first-order valence-electron chi connectivity index (χ1n) is 14.2. The van der Waals surface area contributed by atoms with Gasteiger partial charge in [-0.3, -0.25) is 19.4 Å². The number of benzene rings is 2. The maximum Gasteiger partial charge on any atom is 0.326 e. The highest BCUT2D eigenvalue weighted by atomic mass is 16.4. The lowest BCUT2D eigenvalue weighted by Crippen LogP contribution is -2.59. The van der Waals surface area contributed by atoms with E-state index in [0.717, 1.165) is 5.56 Å². The molecule has 43 heavy (non-hydrogen) atoms. The maximum absolute atomic E-state index is 13.6. The summed E-state index contributed by atoms with van der Waals surface area (Å²) in [5, 5.41) is 27.3.